The van der Waals surface area contributed by atoms with Crippen LogP contribution in [-0.2, 0) is 0 Å². The topological polar surface area (TPSA) is 38.7 Å². The monoisotopic (exact) mass is 243 g/mol. The van der Waals surface area contributed by atoms with E-state index in [0.717, 1.165) is 32.7 Å². The Bertz CT molecular complexity index is 211. The van der Waals surface area contributed by atoms with Gasteiger partial charge in [0.15, 0.2) is 0 Å². The summed E-state index contributed by atoms with van der Waals surface area (Å²) in [5.41, 5.74) is 0. The highest BCUT2D eigenvalue weighted by molar-refractivity contribution is 4.81. The smallest absolute Gasteiger partial charge is 0.0597 e. The molecule has 1 aliphatic rings. The van der Waals surface area contributed by atoms with Crippen molar-refractivity contribution in [1.29, 1.82) is 0 Å². The first kappa shape index (κ1) is 14.9. The van der Waals surface area contributed by atoms with Gasteiger partial charge in [0.1, 0.15) is 0 Å². The van der Waals surface area contributed by atoms with E-state index < -0.39 is 0 Å². The molecule has 102 valence electrons. The summed E-state index contributed by atoms with van der Waals surface area (Å²) in [4.78, 5) is 4.98. The minimum atomic E-state index is 0.204. The first-order chi connectivity index (χ1) is 8.06. The third kappa shape index (κ3) is 4.92. The molecule has 2 N–H and O–H groups in total. The standard InChI is InChI=1S/C13H29N3O/c1-5-16-7-6-15(8-12(16)4)9-13(10-17)14-11(2)3/h11-14,17H,5-10H2,1-4H3. The van der Waals surface area contributed by atoms with Crippen LogP contribution in [0.4, 0.5) is 0 Å². The zero-order valence-electron chi connectivity index (χ0n) is 11.8. The fourth-order valence-corrected chi connectivity index (χ4v) is 2.65. The lowest BCUT2D eigenvalue weighted by molar-refractivity contribution is 0.0728. The van der Waals surface area contributed by atoms with Crippen molar-refractivity contribution < 1.29 is 5.11 Å². The highest BCUT2D eigenvalue weighted by Gasteiger charge is 2.24. The van der Waals surface area contributed by atoms with E-state index in [2.05, 4.69) is 42.8 Å². The van der Waals surface area contributed by atoms with E-state index in [1.165, 1.54) is 0 Å². The summed E-state index contributed by atoms with van der Waals surface area (Å²) in [6, 6.07) is 1.27. The molecule has 1 heterocycles. The zero-order chi connectivity index (χ0) is 12.8. The molecular formula is C13H29N3O. The van der Waals surface area contributed by atoms with Crippen LogP contribution in [0.25, 0.3) is 0 Å². The quantitative estimate of drug-likeness (QED) is 0.707. The van der Waals surface area contributed by atoms with Crippen molar-refractivity contribution in [2.24, 2.45) is 0 Å². The molecule has 0 amide bonds. The second kappa shape index (κ2) is 7.31. The van der Waals surface area contributed by atoms with Gasteiger partial charge in [-0.25, -0.2) is 0 Å². The molecule has 0 aromatic rings. The summed E-state index contributed by atoms with van der Waals surface area (Å²) < 4.78 is 0. The van der Waals surface area contributed by atoms with Gasteiger partial charge in [0.2, 0.25) is 0 Å². The molecule has 1 saturated heterocycles. The summed E-state index contributed by atoms with van der Waals surface area (Å²) in [6.45, 7) is 14.5. The summed E-state index contributed by atoms with van der Waals surface area (Å²) in [5.74, 6) is 0. The largest absolute Gasteiger partial charge is 0.395 e. The molecule has 2 unspecified atom stereocenters. The Balaban J connectivity index is 2.36. The number of hydrogen-bond acceptors (Lipinski definition) is 4. The Hall–Kier alpha value is -0.160. The number of nitrogens with one attached hydrogen (secondary N) is 1. The summed E-state index contributed by atoms with van der Waals surface area (Å²) in [6.07, 6.45) is 0. The Morgan fingerprint density at radius 2 is 2.06 bits per heavy atom. The third-order valence-electron chi connectivity index (χ3n) is 3.52. The Morgan fingerprint density at radius 3 is 2.53 bits per heavy atom. The fraction of sp³-hybridized carbons (Fsp3) is 1.00. The molecular weight excluding hydrogens is 214 g/mol. The van der Waals surface area contributed by atoms with Crippen LogP contribution in [0.3, 0.4) is 0 Å². The second-order valence-electron chi connectivity index (χ2n) is 5.44. The van der Waals surface area contributed by atoms with Crippen LogP contribution in [0.5, 0.6) is 0 Å². The van der Waals surface area contributed by atoms with Gasteiger partial charge in [0.25, 0.3) is 0 Å². The minimum absolute atomic E-state index is 0.204. The van der Waals surface area contributed by atoms with Crippen LogP contribution in [0.2, 0.25) is 0 Å². The molecule has 4 heteroatoms. The number of aliphatic hydroxyl groups is 1. The van der Waals surface area contributed by atoms with Crippen molar-refractivity contribution in [3.63, 3.8) is 0 Å². The van der Waals surface area contributed by atoms with Crippen LogP contribution in [0.1, 0.15) is 27.7 Å². The van der Waals surface area contributed by atoms with E-state index in [0.29, 0.717) is 12.1 Å². The van der Waals surface area contributed by atoms with Gasteiger partial charge in [-0.3, -0.25) is 9.80 Å². The van der Waals surface area contributed by atoms with Crippen molar-refractivity contribution >= 4 is 0 Å². The van der Waals surface area contributed by atoms with Crippen molar-refractivity contribution in [1.82, 2.24) is 15.1 Å². The predicted molar refractivity (Wildman–Crippen MR) is 72.3 cm³/mol. The summed E-state index contributed by atoms with van der Waals surface area (Å²) in [7, 11) is 0. The number of piperazine rings is 1. The van der Waals surface area contributed by atoms with Crippen LogP contribution >= 0.6 is 0 Å². The van der Waals surface area contributed by atoms with E-state index in [4.69, 9.17) is 0 Å². The molecule has 0 spiro atoms. The molecule has 17 heavy (non-hydrogen) atoms. The molecule has 1 aliphatic heterocycles. The average Bonchev–Trinajstić information content (AvgIpc) is 2.27. The van der Waals surface area contributed by atoms with Crippen LogP contribution < -0.4 is 5.32 Å². The van der Waals surface area contributed by atoms with Gasteiger partial charge in [-0.1, -0.05) is 20.8 Å². The number of aliphatic hydroxyl groups excluding tert-OH is 1. The summed E-state index contributed by atoms with van der Waals surface area (Å²) >= 11 is 0. The van der Waals surface area contributed by atoms with E-state index in [-0.39, 0.29) is 12.6 Å². The Labute approximate surface area is 106 Å². The highest BCUT2D eigenvalue weighted by Crippen LogP contribution is 2.09. The molecule has 2 atom stereocenters. The SMILES string of the molecule is CCN1CCN(CC(CO)NC(C)C)CC1C. The molecule has 1 rings (SSSR count). The number of rotatable bonds is 6. The van der Waals surface area contributed by atoms with E-state index in [1.54, 1.807) is 0 Å². The average molecular weight is 243 g/mol. The normalized spacial score (nSPS) is 25.4. The minimum Gasteiger partial charge on any atom is -0.395 e. The van der Waals surface area contributed by atoms with Crippen molar-refractivity contribution in [2.45, 2.75) is 45.8 Å². The molecule has 0 aliphatic carbocycles. The first-order valence-corrected chi connectivity index (χ1v) is 6.90. The lowest BCUT2D eigenvalue weighted by Gasteiger charge is -2.40. The van der Waals surface area contributed by atoms with Gasteiger partial charge in [0, 0.05) is 44.3 Å². The first-order valence-electron chi connectivity index (χ1n) is 6.90. The predicted octanol–water partition coefficient (Wildman–Crippen LogP) is 0.371. The van der Waals surface area contributed by atoms with Gasteiger partial charge in [-0.2, -0.15) is 0 Å². The molecule has 0 aromatic carbocycles. The lowest BCUT2D eigenvalue weighted by atomic mass is 10.1. The lowest BCUT2D eigenvalue weighted by Crippen LogP contribution is -2.55. The molecule has 4 nitrogen and oxygen atoms in total. The zero-order valence-corrected chi connectivity index (χ0v) is 11.8. The summed E-state index contributed by atoms with van der Waals surface area (Å²) in [5, 5.41) is 12.8. The van der Waals surface area contributed by atoms with Gasteiger partial charge in [0.05, 0.1) is 6.61 Å². The van der Waals surface area contributed by atoms with Crippen LogP contribution in [0.15, 0.2) is 0 Å². The van der Waals surface area contributed by atoms with Gasteiger partial charge in [-0.15, -0.1) is 0 Å². The number of nitrogens with zero attached hydrogens (tertiary/aromatic N) is 2. The van der Waals surface area contributed by atoms with Crippen molar-refractivity contribution in [3.05, 3.63) is 0 Å². The fourth-order valence-electron chi connectivity index (χ4n) is 2.65. The Kier molecular flexibility index (Phi) is 6.41. The number of hydrogen-bond donors (Lipinski definition) is 2. The molecule has 0 saturated carbocycles. The molecule has 0 bridgehead atoms. The van der Waals surface area contributed by atoms with Crippen LogP contribution in [0, 0.1) is 0 Å². The Morgan fingerprint density at radius 1 is 1.35 bits per heavy atom. The maximum Gasteiger partial charge on any atom is 0.0597 e. The second-order valence-corrected chi connectivity index (χ2v) is 5.44. The maximum absolute atomic E-state index is 9.37. The molecule has 0 aromatic heterocycles. The van der Waals surface area contributed by atoms with E-state index in [9.17, 15) is 5.11 Å². The van der Waals surface area contributed by atoms with E-state index in [1.807, 2.05) is 0 Å². The maximum atomic E-state index is 9.37. The van der Waals surface area contributed by atoms with Gasteiger partial charge < -0.3 is 10.4 Å². The van der Waals surface area contributed by atoms with Gasteiger partial charge in [-0.05, 0) is 13.5 Å². The number of likely N-dealkylation sites (N-methyl/N-ethyl adjacent to an activating group) is 1. The van der Waals surface area contributed by atoms with Gasteiger partial charge >= 0.3 is 0 Å². The highest BCUT2D eigenvalue weighted by atomic mass is 16.3. The van der Waals surface area contributed by atoms with E-state index >= 15 is 0 Å². The molecule has 1 fully saturated rings. The van der Waals surface area contributed by atoms with Crippen molar-refractivity contribution in [2.75, 3.05) is 39.3 Å². The molecule has 0 radical (unpaired) electrons. The van der Waals surface area contributed by atoms with Crippen molar-refractivity contribution in [3.8, 4) is 0 Å². The van der Waals surface area contributed by atoms with Crippen LogP contribution in [-0.4, -0.2) is 72.4 Å². The third-order valence-corrected chi connectivity index (χ3v) is 3.52.